The number of hydrogen-bond acceptors (Lipinski definition) is 4. The molecule has 0 aliphatic heterocycles. The molecule has 2 rings (SSSR count). The molecular weight excluding hydrogens is 270 g/mol. The highest BCUT2D eigenvalue weighted by Gasteiger charge is 2.18. The van der Waals surface area contributed by atoms with Crippen molar-refractivity contribution in [1.82, 2.24) is 9.78 Å². The van der Waals surface area contributed by atoms with Crippen LogP contribution in [0.25, 0.3) is 0 Å². The number of nitrogens with zero attached hydrogens (tertiary/aromatic N) is 2. The molecule has 1 aromatic carbocycles. The van der Waals surface area contributed by atoms with Gasteiger partial charge in [-0.15, -0.1) is 0 Å². The number of nitrogens with one attached hydrogen (secondary N) is 1. The van der Waals surface area contributed by atoms with E-state index in [2.05, 4.69) is 10.4 Å². The van der Waals surface area contributed by atoms with Crippen LogP contribution in [0.4, 0.5) is 5.69 Å². The predicted molar refractivity (Wildman–Crippen MR) is 78.3 cm³/mol. The second kappa shape index (κ2) is 6.21. The molecule has 0 unspecified atom stereocenters. The highest BCUT2D eigenvalue weighted by Crippen LogP contribution is 2.11. The molecule has 2 aromatic rings. The number of ether oxygens (including phenoxy) is 1. The van der Waals surface area contributed by atoms with Gasteiger partial charge in [-0.2, -0.15) is 5.10 Å². The van der Waals surface area contributed by atoms with E-state index in [0.717, 1.165) is 5.56 Å². The number of amides is 1. The normalized spacial score (nSPS) is 10.2. The standard InChI is InChI=1S/C15H17N3O3/c1-4-21-15(20)13-9-12(17-18(13)3)14(19)16-11-7-5-10(2)6-8-11/h5-9H,4H2,1-3H3,(H,16,19). The largest absolute Gasteiger partial charge is 0.461 e. The molecule has 0 bridgehead atoms. The minimum Gasteiger partial charge on any atom is -0.461 e. The van der Waals surface area contributed by atoms with Crippen LogP contribution in [0.1, 0.15) is 33.5 Å². The third-order valence-corrected chi connectivity index (χ3v) is 2.91. The van der Waals surface area contributed by atoms with Gasteiger partial charge in [0.2, 0.25) is 0 Å². The van der Waals surface area contributed by atoms with Crippen molar-refractivity contribution in [3.8, 4) is 0 Å². The molecule has 1 heterocycles. The average molecular weight is 287 g/mol. The molecule has 0 aliphatic rings. The van der Waals surface area contributed by atoms with E-state index < -0.39 is 5.97 Å². The van der Waals surface area contributed by atoms with Crippen LogP contribution in [-0.2, 0) is 11.8 Å². The first-order valence-corrected chi connectivity index (χ1v) is 6.60. The quantitative estimate of drug-likeness (QED) is 0.874. The fourth-order valence-corrected chi connectivity index (χ4v) is 1.81. The zero-order valence-corrected chi connectivity index (χ0v) is 12.2. The second-order valence-electron chi connectivity index (χ2n) is 4.58. The van der Waals surface area contributed by atoms with Crippen LogP contribution in [0.5, 0.6) is 0 Å². The maximum atomic E-state index is 12.1. The van der Waals surface area contributed by atoms with Crippen molar-refractivity contribution in [2.75, 3.05) is 11.9 Å². The minimum absolute atomic E-state index is 0.168. The molecule has 0 radical (unpaired) electrons. The summed E-state index contributed by atoms with van der Waals surface area (Å²) in [5.74, 6) is -0.869. The van der Waals surface area contributed by atoms with E-state index in [1.165, 1.54) is 10.7 Å². The summed E-state index contributed by atoms with van der Waals surface area (Å²) in [7, 11) is 1.59. The van der Waals surface area contributed by atoms with Gasteiger partial charge in [0.1, 0.15) is 5.69 Å². The lowest BCUT2D eigenvalue weighted by Crippen LogP contribution is -2.13. The molecule has 0 aliphatic carbocycles. The van der Waals surface area contributed by atoms with Crippen molar-refractivity contribution in [3.63, 3.8) is 0 Å². The lowest BCUT2D eigenvalue weighted by molar-refractivity contribution is 0.0513. The third kappa shape index (κ3) is 3.47. The highest BCUT2D eigenvalue weighted by atomic mass is 16.5. The molecule has 0 saturated heterocycles. The topological polar surface area (TPSA) is 73.2 Å². The fraction of sp³-hybridized carbons (Fsp3) is 0.267. The van der Waals surface area contributed by atoms with Crippen LogP contribution in [0, 0.1) is 6.92 Å². The monoisotopic (exact) mass is 287 g/mol. The predicted octanol–water partition coefficient (Wildman–Crippen LogP) is 2.16. The van der Waals surface area contributed by atoms with Crippen molar-refractivity contribution in [2.45, 2.75) is 13.8 Å². The Bertz CT molecular complexity index is 659. The number of esters is 1. The van der Waals surface area contributed by atoms with Gasteiger partial charge in [0.25, 0.3) is 5.91 Å². The maximum absolute atomic E-state index is 12.1. The van der Waals surface area contributed by atoms with E-state index in [9.17, 15) is 9.59 Å². The molecular formula is C15H17N3O3. The van der Waals surface area contributed by atoms with Gasteiger partial charge in [-0.3, -0.25) is 9.48 Å². The van der Waals surface area contributed by atoms with Crippen LogP contribution in [-0.4, -0.2) is 28.3 Å². The van der Waals surface area contributed by atoms with Gasteiger partial charge in [-0.25, -0.2) is 4.79 Å². The zero-order chi connectivity index (χ0) is 15.4. The summed E-state index contributed by atoms with van der Waals surface area (Å²) in [4.78, 5) is 23.8. The van der Waals surface area contributed by atoms with Crippen LogP contribution in [0.15, 0.2) is 30.3 Å². The molecule has 6 heteroatoms. The summed E-state index contributed by atoms with van der Waals surface area (Å²) in [5, 5.41) is 6.76. The minimum atomic E-state index is -0.498. The van der Waals surface area contributed by atoms with E-state index in [0.29, 0.717) is 5.69 Å². The first-order chi connectivity index (χ1) is 10.0. The average Bonchev–Trinajstić information content (AvgIpc) is 2.84. The Morgan fingerprint density at radius 2 is 1.95 bits per heavy atom. The molecule has 6 nitrogen and oxygen atoms in total. The number of carbonyl (C=O) groups excluding carboxylic acids is 2. The number of rotatable bonds is 4. The molecule has 0 spiro atoms. The van der Waals surface area contributed by atoms with E-state index in [4.69, 9.17) is 4.74 Å². The summed E-state index contributed by atoms with van der Waals surface area (Å²) >= 11 is 0. The summed E-state index contributed by atoms with van der Waals surface area (Å²) in [6, 6.07) is 8.84. The van der Waals surface area contributed by atoms with Crippen molar-refractivity contribution >= 4 is 17.6 Å². The summed E-state index contributed by atoms with van der Waals surface area (Å²) in [5.41, 5.74) is 2.19. The first kappa shape index (κ1) is 14.8. The van der Waals surface area contributed by atoms with Gasteiger partial charge in [0.15, 0.2) is 5.69 Å². The van der Waals surface area contributed by atoms with Crippen molar-refractivity contribution < 1.29 is 14.3 Å². The SMILES string of the molecule is CCOC(=O)c1cc(C(=O)Nc2ccc(C)cc2)nn1C. The van der Waals surface area contributed by atoms with Gasteiger partial charge in [0.05, 0.1) is 6.61 Å². The van der Waals surface area contributed by atoms with Gasteiger partial charge in [0, 0.05) is 18.8 Å². The third-order valence-electron chi connectivity index (χ3n) is 2.91. The lowest BCUT2D eigenvalue weighted by atomic mass is 10.2. The summed E-state index contributed by atoms with van der Waals surface area (Å²) in [6.45, 7) is 3.96. The summed E-state index contributed by atoms with van der Waals surface area (Å²) < 4.78 is 6.24. The Morgan fingerprint density at radius 3 is 2.57 bits per heavy atom. The molecule has 0 atom stereocenters. The Morgan fingerprint density at radius 1 is 1.29 bits per heavy atom. The van der Waals surface area contributed by atoms with Crippen molar-refractivity contribution in [1.29, 1.82) is 0 Å². The fourth-order valence-electron chi connectivity index (χ4n) is 1.81. The molecule has 1 N–H and O–H groups in total. The van der Waals surface area contributed by atoms with Crippen LogP contribution in [0.3, 0.4) is 0 Å². The van der Waals surface area contributed by atoms with E-state index >= 15 is 0 Å². The number of anilines is 1. The number of aryl methyl sites for hydroxylation is 2. The number of carbonyl (C=O) groups is 2. The van der Waals surface area contributed by atoms with E-state index in [-0.39, 0.29) is 23.9 Å². The Labute approximate surface area is 122 Å². The van der Waals surface area contributed by atoms with Gasteiger partial charge in [-0.1, -0.05) is 17.7 Å². The number of benzene rings is 1. The van der Waals surface area contributed by atoms with Gasteiger partial charge >= 0.3 is 5.97 Å². The molecule has 0 saturated carbocycles. The smallest absolute Gasteiger partial charge is 0.356 e. The molecule has 21 heavy (non-hydrogen) atoms. The van der Waals surface area contributed by atoms with E-state index in [1.54, 1.807) is 14.0 Å². The molecule has 110 valence electrons. The maximum Gasteiger partial charge on any atom is 0.356 e. The van der Waals surface area contributed by atoms with Gasteiger partial charge < -0.3 is 10.1 Å². The molecule has 1 aromatic heterocycles. The first-order valence-electron chi connectivity index (χ1n) is 6.60. The second-order valence-corrected chi connectivity index (χ2v) is 4.58. The molecule has 0 fully saturated rings. The Balaban J connectivity index is 2.14. The van der Waals surface area contributed by atoms with Crippen molar-refractivity contribution in [3.05, 3.63) is 47.3 Å². The van der Waals surface area contributed by atoms with Crippen molar-refractivity contribution in [2.24, 2.45) is 7.05 Å². The highest BCUT2D eigenvalue weighted by molar-refractivity contribution is 6.04. The Hall–Kier alpha value is -2.63. The Kier molecular flexibility index (Phi) is 4.37. The van der Waals surface area contributed by atoms with Crippen LogP contribution < -0.4 is 5.32 Å². The number of aromatic nitrogens is 2. The van der Waals surface area contributed by atoms with Crippen LogP contribution in [0.2, 0.25) is 0 Å². The van der Waals surface area contributed by atoms with Crippen LogP contribution >= 0.6 is 0 Å². The number of hydrogen-bond donors (Lipinski definition) is 1. The summed E-state index contributed by atoms with van der Waals surface area (Å²) in [6.07, 6.45) is 0. The lowest BCUT2D eigenvalue weighted by Gasteiger charge is -2.02. The molecule has 1 amide bonds. The van der Waals surface area contributed by atoms with Gasteiger partial charge in [-0.05, 0) is 26.0 Å². The zero-order valence-electron chi connectivity index (χ0n) is 12.2. The van der Waals surface area contributed by atoms with E-state index in [1.807, 2.05) is 31.2 Å².